The fraction of sp³-hybridized carbons (Fsp3) is 1.00. The van der Waals surface area contributed by atoms with Gasteiger partial charge in [-0.05, 0) is 50.4 Å². The molecule has 3 fully saturated rings. The van der Waals surface area contributed by atoms with E-state index in [1.807, 2.05) is 0 Å². The minimum atomic E-state index is 0.359. The summed E-state index contributed by atoms with van der Waals surface area (Å²) in [5, 5.41) is 13.1. The van der Waals surface area contributed by atoms with E-state index in [9.17, 15) is 5.11 Å². The van der Waals surface area contributed by atoms with Gasteiger partial charge in [0.25, 0.3) is 0 Å². The summed E-state index contributed by atoms with van der Waals surface area (Å²) in [6, 6.07) is 1.45. The van der Waals surface area contributed by atoms with Crippen LogP contribution in [0.25, 0.3) is 0 Å². The van der Waals surface area contributed by atoms with Crippen molar-refractivity contribution in [3.8, 4) is 0 Å². The summed E-state index contributed by atoms with van der Waals surface area (Å²) in [6.07, 6.45) is 10.7. The Morgan fingerprint density at radius 1 is 0.947 bits per heavy atom. The zero-order chi connectivity index (χ0) is 13.1. The number of aliphatic hydroxyl groups is 1. The Labute approximate surface area is 117 Å². The predicted octanol–water partition coefficient (Wildman–Crippen LogP) is 2.00. The largest absolute Gasteiger partial charge is 0.396 e. The van der Waals surface area contributed by atoms with Crippen LogP contribution in [0.2, 0.25) is 0 Å². The van der Waals surface area contributed by atoms with Crippen LogP contribution in [0.1, 0.15) is 51.4 Å². The van der Waals surface area contributed by atoms with Crippen LogP contribution in [-0.4, -0.2) is 48.3 Å². The lowest BCUT2D eigenvalue weighted by atomic mass is 9.91. The molecule has 0 aromatic heterocycles. The molecule has 0 aromatic carbocycles. The Balaban J connectivity index is 1.51. The highest BCUT2D eigenvalue weighted by Crippen LogP contribution is 2.32. The van der Waals surface area contributed by atoms with Gasteiger partial charge in [-0.2, -0.15) is 0 Å². The molecule has 0 aromatic rings. The Bertz CT molecular complexity index is 274. The van der Waals surface area contributed by atoms with E-state index in [1.54, 1.807) is 0 Å². The van der Waals surface area contributed by atoms with Gasteiger partial charge in [-0.3, -0.25) is 0 Å². The molecule has 0 amide bonds. The molecule has 0 spiro atoms. The predicted molar refractivity (Wildman–Crippen MR) is 78.2 cm³/mol. The zero-order valence-corrected chi connectivity index (χ0v) is 12.2. The Morgan fingerprint density at radius 2 is 1.74 bits per heavy atom. The normalized spacial score (nSPS) is 33.9. The monoisotopic (exact) mass is 266 g/mol. The van der Waals surface area contributed by atoms with Crippen molar-refractivity contribution in [1.82, 2.24) is 10.2 Å². The van der Waals surface area contributed by atoms with Crippen molar-refractivity contribution >= 4 is 0 Å². The lowest BCUT2D eigenvalue weighted by Gasteiger charge is -2.39. The van der Waals surface area contributed by atoms with Crippen LogP contribution in [0.5, 0.6) is 0 Å². The molecule has 0 radical (unpaired) electrons. The highest BCUT2D eigenvalue weighted by molar-refractivity contribution is 4.89. The quantitative estimate of drug-likeness (QED) is 0.772. The topological polar surface area (TPSA) is 35.5 Å². The van der Waals surface area contributed by atoms with Gasteiger partial charge in [-0.1, -0.05) is 12.8 Å². The fourth-order valence-electron chi connectivity index (χ4n) is 4.06. The van der Waals surface area contributed by atoms with Crippen LogP contribution < -0.4 is 5.32 Å². The van der Waals surface area contributed by atoms with Crippen molar-refractivity contribution in [3.63, 3.8) is 0 Å². The van der Waals surface area contributed by atoms with Crippen molar-refractivity contribution in [1.29, 1.82) is 0 Å². The maximum absolute atomic E-state index is 9.23. The maximum atomic E-state index is 9.23. The number of piperidine rings is 1. The average molecular weight is 266 g/mol. The van der Waals surface area contributed by atoms with E-state index in [0.29, 0.717) is 18.6 Å². The minimum Gasteiger partial charge on any atom is -0.396 e. The molecule has 0 bridgehead atoms. The van der Waals surface area contributed by atoms with E-state index in [0.717, 1.165) is 18.4 Å². The van der Waals surface area contributed by atoms with E-state index in [2.05, 4.69) is 10.2 Å². The van der Waals surface area contributed by atoms with E-state index in [-0.39, 0.29) is 0 Å². The van der Waals surface area contributed by atoms with Crippen LogP contribution in [-0.2, 0) is 0 Å². The first-order valence-corrected chi connectivity index (χ1v) is 8.42. The first kappa shape index (κ1) is 13.8. The number of hydrogen-bond donors (Lipinski definition) is 2. The average Bonchev–Trinajstić information content (AvgIpc) is 3.04. The molecule has 1 aliphatic heterocycles. The molecule has 2 N–H and O–H groups in total. The maximum Gasteiger partial charge on any atom is 0.0434 e. The smallest absolute Gasteiger partial charge is 0.0434 e. The molecule has 3 heteroatoms. The number of likely N-dealkylation sites (tertiary alicyclic amines) is 1. The van der Waals surface area contributed by atoms with E-state index >= 15 is 0 Å². The minimum absolute atomic E-state index is 0.359. The number of nitrogens with one attached hydrogen (secondary N) is 1. The highest BCUT2D eigenvalue weighted by atomic mass is 16.3. The molecule has 2 atom stereocenters. The van der Waals surface area contributed by atoms with Gasteiger partial charge in [0.05, 0.1) is 0 Å². The van der Waals surface area contributed by atoms with Gasteiger partial charge in [0.2, 0.25) is 0 Å². The van der Waals surface area contributed by atoms with Gasteiger partial charge in [0.1, 0.15) is 0 Å². The lowest BCUT2D eigenvalue weighted by molar-refractivity contribution is 0.112. The number of rotatable bonds is 6. The molecule has 3 nitrogen and oxygen atoms in total. The van der Waals surface area contributed by atoms with Gasteiger partial charge in [0, 0.05) is 38.3 Å². The van der Waals surface area contributed by atoms with Crippen LogP contribution in [0.15, 0.2) is 0 Å². The third-order valence-electron chi connectivity index (χ3n) is 5.19. The third-order valence-corrected chi connectivity index (χ3v) is 5.19. The standard InChI is InChI=1S/C16H30N2O/c19-8-7-14-9-16(17-15-3-1-2-4-15)12-18(11-14)10-13-5-6-13/h13-17,19H,1-12H2. The van der Waals surface area contributed by atoms with Gasteiger partial charge < -0.3 is 15.3 Å². The van der Waals surface area contributed by atoms with Crippen LogP contribution in [0.3, 0.4) is 0 Å². The molecular weight excluding hydrogens is 236 g/mol. The molecular formula is C16H30N2O. The van der Waals surface area contributed by atoms with Crippen molar-refractivity contribution in [2.45, 2.75) is 63.5 Å². The van der Waals surface area contributed by atoms with Crippen LogP contribution >= 0.6 is 0 Å². The van der Waals surface area contributed by atoms with Crippen LogP contribution in [0.4, 0.5) is 0 Å². The van der Waals surface area contributed by atoms with E-state index in [1.165, 1.54) is 64.6 Å². The number of hydrogen-bond acceptors (Lipinski definition) is 3. The SMILES string of the molecule is OCCC1CC(NC2CCCC2)CN(CC2CC2)C1. The fourth-order valence-corrected chi connectivity index (χ4v) is 4.06. The van der Waals surface area contributed by atoms with Gasteiger partial charge in [-0.15, -0.1) is 0 Å². The lowest BCUT2D eigenvalue weighted by Crippen LogP contribution is -2.52. The highest BCUT2D eigenvalue weighted by Gasteiger charge is 2.32. The first-order chi connectivity index (χ1) is 9.33. The Morgan fingerprint density at radius 3 is 2.42 bits per heavy atom. The van der Waals surface area contributed by atoms with Crippen molar-refractivity contribution in [3.05, 3.63) is 0 Å². The van der Waals surface area contributed by atoms with Crippen molar-refractivity contribution in [2.24, 2.45) is 11.8 Å². The third kappa shape index (κ3) is 4.17. The molecule has 2 unspecified atom stereocenters. The molecule has 1 heterocycles. The number of aliphatic hydroxyl groups excluding tert-OH is 1. The Kier molecular flexibility index (Phi) is 4.78. The second-order valence-corrected chi connectivity index (χ2v) is 7.12. The van der Waals surface area contributed by atoms with Crippen molar-refractivity contribution in [2.75, 3.05) is 26.2 Å². The van der Waals surface area contributed by atoms with Gasteiger partial charge >= 0.3 is 0 Å². The Hall–Kier alpha value is -0.120. The van der Waals surface area contributed by atoms with Gasteiger partial charge in [0.15, 0.2) is 0 Å². The summed E-state index contributed by atoms with van der Waals surface area (Å²) >= 11 is 0. The summed E-state index contributed by atoms with van der Waals surface area (Å²) in [5.74, 6) is 1.69. The van der Waals surface area contributed by atoms with Crippen LogP contribution in [0, 0.1) is 11.8 Å². The molecule has 3 aliphatic rings. The number of nitrogens with zero attached hydrogens (tertiary/aromatic N) is 1. The zero-order valence-electron chi connectivity index (χ0n) is 12.2. The molecule has 19 heavy (non-hydrogen) atoms. The second-order valence-electron chi connectivity index (χ2n) is 7.12. The summed E-state index contributed by atoms with van der Waals surface area (Å²) < 4.78 is 0. The van der Waals surface area contributed by atoms with E-state index in [4.69, 9.17) is 0 Å². The second kappa shape index (κ2) is 6.55. The first-order valence-electron chi connectivity index (χ1n) is 8.42. The molecule has 2 saturated carbocycles. The van der Waals surface area contributed by atoms with E-state index < -0.39 is 0 Å². The summed E-state index contributed by atoms with van der Waals surface area (Å²) in [6.45, 7) is 4.14. The van der Waals surface area contributed by atoms with Crippen molar-refractivity contribution < 1.29 is 5.11 Å². The van der Waals surface area contributed by atoms with Gasteiger partial charge in [-0.25, -0.2) is 0 Å². The molecule has 110 valence electrons. The molecule has 1 saturated heterocycles. The summed E-state index contributed by atoms with van der Waals surface area (Å²) in [7, 11) is 0. The molecule has 3 rings (SSSR count). The summed E-state index contributed by atoms with van der Waals surface area (Å²) in [5.41, 5.74) is 0. The molecule has 2 aliphatic carbocycles. The summed E-state index contributed by atoms with van der Waals surface area (Å²) in [4.78, 5) is 2.67.